The fourth-order valence-corrected chi connectivity index (χ4v) is 6.58. The third kappa shape index (κ3) is 4.61. The van der Waals surface area contributed by atoms with Crippen molar-refractivity contribution in [2.24, 2.45) is 0 Å². The van der Waals surface area contributed by atoms with E-state index < -0.39 is 0 Å². The molecule has 1 aromatic carbocycles. The maximum atomic E-state index is 6.17. The molecule has 4 aromatic rings. The van der Waals surface area contributed by atoms with E-state index in [4.69, 9.17) is 19.4 Å². The highest BCUT2D eigenvalue weighted by molar-refractivity contribution is 7.18. The normalized spacial score (nSPS) is 20.1. The van der Waals surface area contributed by atoms with Gasteiger partial charge in [-0.05, 0) is 29.9 Å². The van der Waals surface area contributed by atoms with E-state index in [1.165, 1.54) is 16.0 Å². The molecule has 2 aliphatic rings. The van der Waals surface area contributed by atoms with Crippen molar-refractivity contribution in [3.05, 3.63) is 64.6 Å². The van der Waals surface area contributed by atoms with Crippen LogP contribution in [0.4, 0.5) is 5.82 Å². The zero-order valence-electron chi connectivity index (χ0n) is 19.0. The van der Waals surface area contributed by atoms with Crippen LogP contribution < -0.4 is 5.32 Å². The van der Waals surface area contributed by atoms with E-state index in [1.54, 1.807) is 22.7 Å². The number of hydrogen-bond donors (Lipinski definition) is 1. The molecule has 34 heavy (non-hydrogen) atoms. The van der Waals surface area contributed by atoms with E-state index in [0.717, 1.165) is 74.2 Å². The molecule has 2 fully saturated rings. The third-order valence-corrected chi connectivity index (χ3v) is 8.30. The Kier molecular flexibility index (Phi) is 6.57. The van der Waals surface area contributed by atoms with Crippen LogP contribution in [0.5, 0.6) is 0 Å². The van der Waals surface area contributed by atoms with Crippen LogP contribution >= 0.6 is 22.7 Å². The Hall–Kier alpha value is -2.36. The Balaban J connectivity index is 1.42. The summed E-state index contributed by atoms with van der Waals surface area (Å²) in [6, 6.07) is 14.9. The summed E-state index contributed by atoms with van der Waals surface area (Å²) in [5.74, 6) is 1.76. The van der Waals surface area contributed by atoms with Gasteiger partial charge in [0.1, 0.15) is 16.5 Å². The van der Waals surface area contributed by atoms with Crippen molar-refractivity contribution in [3.63, 3.8) is 0 Å². The maximum absolute atomic E-state index is 6.17. The number of morpholine rings is 1. The number of aromatic nitrogens is 2. The quantitative estimate of drug-likeness (QED) is 0.363. The van der Waals surface area contributed by atoms with Gasteiger partial charge in [0.25, 0.3) is 0 Å². The zero-order chi connectivity index (χ0) is 22.7. The Labute approximate surface area is 207 Å². The maximum Gasteiger partial charge on any atom is 0.146 e. The largest absolute Gasteiger partial charge is 0.379 e. The summed E-state index contributed by atoms with van der Waals surface area (Å²) in [6.07, 6.45) is 2.26. The smallest absolute Gasteiger partial charge is 0.146 e. The number of fused-ring (bicyclic) bond motifs is 1. The van der Waals surface area contributed by atoms with E-state index in [1.807, 2.05) is 0 Å². The summed E-state index contributed by atoms with van der Waals surface area (Å²) in [4.78, 5) is 14.8. The molecule has 0 unspecified atom stereocenters. The van der Waals surface area contributed by atoms with E-state index in [2.05, 4.69) is 63.4 Å². The number of nitrogens with zero attached hydrogens (tertiary/aromatic N) is 3. The van der Waals surface area contributed by atoms with Gasteiger partial charge in [-0.25, -0.2) is 9.97 Å². The molecule has 2 saturated heterocycles. The average Bonchev–Trinajstić information content (AvgIpc) is 3.65. The van der Waals surface area contributed by atoms with Crippen LogP contribution in [-0.4, -0.2) is 53.9 Å². The second-order valence-corrected chi connectivity index (χ2v) is 10.6. The van der Waals surface area contributed by atoms with Gasteiger partial charge in [-0.3, -0.25) is 4.90 Å². The van der Waals surface area contributed by atoms with E-state index in [9.17, 15) is 0 Å². The van der Waals surface area contributed by atoms with Crippen molar-refractivity contribution in [2.75, 3.05) is 38.2 Å². The van der Waals surface area contributed by atoms with Crippen molar-refractivity contribution in [3.8, 4) is 10.4 Å². The predicted molar refractivity (Wildman–Crippen MR) is 139 cm³/mol. The molecular formula is C26H28N4O2S2. The minimum Gasteiger partial charge on any atom is -0.379 e. The first-order chi connectivity index (χ1) is 16.8. The van der Waals surface area contributed by atoms with Crippen molar-refractivity contribution < 1.29 is 9.47 Å². The second kappa shape index (κ2) is 10.1. The summed E-state index contributed by atoms with van der Waals surface area (Å²) in [7, 11) is 0. The lowest BCUT2D eigenvalue weighted by molar-refractivity contribution is 0.0331. The number of anilines is 1. The molecule has 0 amide bonds. The van der Waals surface area contributed by atoms with Crippen LogP contribution in [-0.2, 0) is 16.0 Å². The Morgan fingerprint density at radius 1 is 1.03 bits per heavy atom. The summed E-state index contributed by atoms with van der Waals surface area (Å²) in [5.41, 5.74) is 2.43. The molecule has 1 N–H and O–H groups in total. The fraction of sp³-hybridized carbons (Fsp3) is 0.385. The van der Waals surface area contributed by atoms with E-state index in [-0.39, 0.29) is 12.1 Å². The van der Waals surface area contributed by atoms with E-state index in [0.29, 0.717) is 0 Å². The molecule has 0 radical (unpaired) electrons. The van der Waals surface area contributed by atoms with Gasteiger partial charge in [-0.1, -0.05) is 36.4 Å². The molecule has 0 bridgehead atoms. The van der Waals surface area contributed by atoms with Crippen LogP contribution in [0.1, 0.15) is 30.3 Å². The first-order valence-electron chi connectivity index (χ1n) is 11.9. The molecule has 0 aliphatic carbocycles. The zero-order valence-corrected chi connectivity index (χ0v) is 20.6. The first-order valence-corrected chi connectivity index (χ1v) is 13.7. The Morgan fingerprint density at radius 2 is 1.91 bits per heavy atom. The van der Waals surface area contributed by atoms with Gasteiger partial charge in [-0.15, -0.1) is 22.7 Å². The molecule has 0 saturated carbocycles. The SMILES string of the molecule is c1ccc([C@@H](Nc2nc(CN3CCOCC3)nc3scc(-c4cccs4)c23)[C@@H]2CCCO2)cc1. The number of rotatable bonds is 7. The van der Waals surface area contributed by atoms with Crippen LogP contribution in [0.2, 0.25) is 0 Å². The molecule has 2 atom stereocenters. The molecule has 5 heterocycles. The highest BCUT2D eigenvalue weighted by atomic mass is 32.1. The number of nitrogens with one attached hydrogen (secondary N) is 1. The van der Waals surface area contributed by atoms with Crippen molar-refractivity contribution >= 4 is 38.7 Å². The molecule has 176 valence electrons. The summed E-state index contributed by atoms with van der Waals surface area (Å²) in [5, 5.41) is 9.29. The van der Waals surface area contributed by atoms with Crippen molar-refractivity contribution in [2.45, 2.75) is 31.5 Å². The topological polar surface area (TPSA) is 59.5 Å². The number of benzene rings is 1. The molecule has 2 aliphatic heterocycles. The highest BCUT2D eigenvalue weighted by Gasteiger charge is 2.29. The van der Waals surface area contributed by atoms with Gasteiger partial charge in [-0.2, -0.15) is 0 Å². The molecule has 3 aromatic heterocycles. The number of hydrogen-bond acceptors (Lipinski definition) is 8. The lowest BCUT2D eigenvalue weighted by Gasteiger charge is -2.27. The second-order valence-electron chi connectivity index (χ2n) is 8.77. The van der Waals surface area contributed by atoms with Gasteiger partial charge in [0.05, 0.1) is 37.3 Å². The fourth-order valence-electron chi connectivity index (χ4n) is 4.80. The summed E-state index contributed by atoms with van der Waals surface area (Å²) >= 11 is 3.45. The predicted octanol–water partition coefficient (Wildman–Crippen LogP) is 5.58. The molecular weight excluding hydrogens is 464 g/mol. The van der Waals surface area contributed by atoms with Crippen LogP contribution in [0.25, 0.3) is 20.7 Å². The number of thiophene rings is 2. The summed E-state index contributed by atoms with van der Waals surface area (Å²) < 4.78 is 11.7. The molecule has 6 rings (SSSR count). The van der Waals surface area contributed by atoms with Crippen LogP contribution in [0.3, 0.4) is 0 Å². The van der Waals surface area contributed by atoms with Gasteiger partial charge in [0, 0.05) is 35.5 Å². The first kappa shape index (κ1) is 22.1. The monoisotopic (exact) mass is 492 g/mol. The standard InChI is InChI=1S/C26H28N4O2S2/c1-2-6-18(7-3-1)24(20-8-4-12-32-20)29-25-23-19(21-9-5-15-33-21)17-34-26(23)28-22(27-25)16-30-10-13-31-14-11-30/h1-3,5-7,9,15,17,20,24H,4,8,10-14,16H2,(H,27,28,29)/t20-,24+/m0/s1. The Bertz CT molecular complexity index is 1220. The van der Waals surface area contributed by atoms with Gasteiger partial charge in [0.2, 0.25) is 0 Å². The Morgan fingerprint density at radius 3 is 2.68 bits per heavy atom. The van der Waals surface area contributed by atoms with Crippen molar-refractivity contribution in [1.29, 1.82) is 0 Å². The number of ether oxygens (including phenoxy) is 2. The highest BCUT2D eigenvalue weighted by Crippen LogP contribution is 2.41. The van der Waals surface area contributed by atoms with E-state index >= 15 is 0 Å². The molecule has 0 spiro atoms. The lowest BCUT2D eigenvalue weighted by Crippen LogP contribution is -2.36. The minimum atomic E-state index is 0.0362. The van der Waals surface area contributed by atoms with Crippen molar-refractivity contribution in [1.82, 2.24) is 14.9 Å². The molecule has 8 heteroatoms. The average molecular weight is 493 g/mol. The minimum absolute atomic E-state index is 0.0362. The van der Waals surface area contributed by atoms with Crippen LogP contribution in [0.15, 0.2) is 53.2 Å². The summed E-state index contributed by atoms with van der Waals surface area (Å²) in [6.45, 7) is 4.91. The lowest BCUT2D eigenvalue weighted by atomic mass is 9.99. The van der Waals surface area contributed by atoms with Gasteiger partial charge in [0.15, 0.2) is 0 Å². The van der Waals surface area contributed by atoms with Gasteiger partial charge < -0.3 is 14.8 Å². The van der Waals surface area contributed by atoms with Gasteiger partial charge >= 0.3 is 0 Å². The third-order valence-electron chi connectivity index (χ3n) is 6.52. The molecule has 6 nitrogen and oxygen atoms in total. The van der Waals surface area contributed by atoms with Crippen LogP contribution in [0, 0.1) is 0 Å².